The van der Waals surface area contributed by atoms with Gasteiger partial charge in [0.2, 0.25) is 10.0 Å². The summed E-state index contributed by atoms with van der Waals surface area (Å²) in [7, 11) is -4.10. The lowest BCUT2D eigenvalue weighted by Gasteiger charge is -2.24. The van der Waals surface area contributed by atoms with E-state index >= 15 is 0 Å². The van der Waals surface area contributed by atoms with Gasteiger partial charge in [-0.1, -0.05) is 24.3 Å². The van der Waals surface area contributed by atoms with E-state index in [0.717, 1.165) is 39.1 Å². The van der Waals surface area contributed by atoms with Crippen molar-refractivity contribution in [3.8, 4) is 0 Å². The number of nitro benzene ring substituents is 1. The van der Waals surface area contributed by atoms with Crippen LogP contribution in [0.2, 0.25) is 0 Å². The summed E-state index contributed by atoms with van der Waals surface area (Å²) in [6.07, 6.45) is 1.23. The lowest BCUT2D eigenvalue weighted by molar-refractivity contribution is -0.384. The molecule has 1 N–H and O–H groups in total. The minimum atomic E-state index is -4.10. The van der Waals surface area contributed by atoms with Crippen molar-refractivity contribution >= 4 is 39.3 Å². The van der Waals surface area contributed by atoms with Gasteiger partial charge in [-0.3, -0.25) is 39.1 Å². The van der Waals surface area contributed by atoms with Crippen molar-refractivity contribution < 1.29 is 37.7 Å². The fourth-order valence-corrected chi connectivity index (χ4v) is 7.15. The summed E-state index contributed by atoms with van der Waals surface area (Å²) in [4.78, 5) is 63.1. The smallest absolute Gasteiger partial charge is 0.269 e. The second kappa shape index (κ2) is 14.3. The van der Waals surface area contributed by atoms with Gasteiger partial charge < -0.3 is 5.21 Å². The standard InChI is InChI=1S/C32H33N5O9S/c38-29-25-9-1-2-10-26(25)30(39)35(29)21-7-18-33(42)17-5-6-19-34(47(45,46)24-15-13-23(14-16-24)37(43)44)20-8-22-36-31(40)27-11-3-4-12-28(27)32(36)41/h1-4,9-16,42H,5-8,17-22H2. The van der Waals surface area contributed by atoms with E-state index in [2.05, 4.69) is 0 Å². The molecule has 0 saturated heterocycles. The van der Waals surface area contributed by atoms with Gasteiger partial charge in [-0.2, -0.15) is 9.37 Å². The van der Waals surface area contributed by atoms with Crippen molar-refractivity contribution in [2.75, 3.05) is 39.3 Å². The van der Waals surface area contributed by atoms with Crippen molar-refractivity contribution in [2.24, 2.45) is 0 Å². The minimum absolute atomic E-state index is 0.00382. The van der Waals surface area contributed by atoms with Gasteiger partial charge in [0.1, 0.15) is 0 Å². The average molecular weight is 664 g/mol. The normalized spacial score (nSPS) is 14.4. The predicted octanol–water partition coefficient (Wildman–Crippen LogP) is 3.43. The highest BCUT2D eigenvalue weighted by molar-refractivity contribution is 7.89. The number of carbonyl (C=O) groups excluding carboxylic acids is 4. The summed E-state index contributed by atoms with van der Waals surface area (Å²) < 4.78 is 28.3. The zero-order valence-electron chi connectivity index (χ0n) is 25.4. The molecule has 2 aliphatic rings. The number of hydrogen-bond donors (Lipinski definition) is 1. The van der Waals surface area contributed by atoms with Gasteiger partial charge in [0.25, 0.3) is 29.3 Å². The van der Waals surface area contributed by atoms with Gasteiger partial charge in [0, 0.05) is 51.4 Å². The molecule has 246 valence electrons. The molecule has 14 nitrogen and oxygen atoms in total. The van der Waals surface area contributed by atoms with Gasteiger partial charge >= 0.3 is 0 Å². The molecule has 0 spiro atoms. The van der Waals surface area contributed by atoms with Crippen LogP contribution in [0, 0.1) is 10.1 Å². The van der Waals surface area contributed by atoms with Crippen LogP contribution in [0.1, 0.15) is 67.1 Å². The number of amides is 4. The lowest BCUT2D eigenvalue weighted by atomic mass is 10.1. The second-order valence-electron chi connectivity index (χ2n) is 11.1. The number of fused-ring (bicyclic) bond motifs is 2. The maximum absolute atomic E-state index is 13.6. The van der Waals surface area contributed by atoms with Crippen LogP contribution >= 0.6 is 0 Å². The van der Waals surface area contributed by atoms with E-state index in [4.69, 9.17) is 0 Å². The Morgan fingerprint density at radius 2 is 1.00 bits per heavy atom. The third-order valence-electron chi connectivity index (χ3n) is 8.10. The Hall–Kier alpha value is -4.83. The van der Waals surface area contributed by atoms with Crippen molar-refractivity contribution in [3.63, 3.8) is 0 Å². The van der Waals surface area contributed by atoms with Crippen LogP contribution in [-0.2, 0) is 10.0 Å². The Labute approximate surface area is 270 Å². The molecule has 4 amide bonds. The van der Waals surface area contributed by atoms with Crippen LogP contribution in [0.25, 0.3) is 0 Å². The van der Waals surface area contributed by atoms with Crippen molar-refractivity contribution in [1.29, 1.82) is 0 Å². The Balaban J connectivity index is 1.14. The molecule has 2 aliphatic heterocycles. The van der Waals surface area contributed by atoms with E-state index < -0.39 is 26.8 Å². The van der Waals surface area contributed by atoms with Crippen LogP contribution in [0.4, 0.5) is 5.69 Å². The molecular weight excluding hydrogens is 630 g/mol. The average Bonchev–Trinajstić information content (AvgIpc) is 3.46. The minimum Gasteiger partial charge on any atom is -0.314 e. The summed E-state index contributed by atoms with van der Waals surface area (Å²) in [6.45, 7) is 0.523. The molecule has 5 rings (SSSR count). The number of carbonyl (C=O) groups is 4. The van der Waals surface area contributed by atoms with Gasteiger partial charge in [-0.05, 0) is 62.1 Å². The third-order valence-corrected chi connectivity index (χ3v) is 10.0. The highest BCUT2D eigenvalue weighted by atomic mass is 32.2. The molecule has 3 aromatic rings. The SMILES string of the molecule is O=C1c2ccccc2C(=O)N1CCCN(O)CCCCN(CCCN1C(=O)c2ccccc2C1=O)S(=O)(=O)c1ccc([N+](=O)[O-])cc1. The topological polar surface area (TPSA) is 179 Å². The number of benzene rings is 3. The molecule has 47 heavy (non-hydrogen) atoms. The molecule has 3 aromatic carbocycles. The molecule has 0 aliphatic carbocycles. The lowest BCUT2D eigenvalue weighted by Crippen LogP contribution is -2.37. The monoisotopic (exact) mass is 663 g/mol. The molecule has 0 fully saturated rings. The number of sulfonamides is 1. The summed E-state index contributed by atoms with van der Waals surface area (Å²) in [6, 6.07) is 17.6. The number of hydrogen-bond acceptors (Lipinski definition) is 10. The molecule has 15 heteroatoms. The highest BCUT2D eigenvalue weighted by Crippen LogP contribution is 2.25. The third kappa shape index (κ3) is 7.12. The number of nitro groups is 1. The van der Waals surface area contributed by atoms with E-state index in [-0.39, 0.29) is 68.1 Å². The van der Waals surface area contributed by atoms with E-state index in [1.165, 1.54) is 4.31 Å². The van der Waals surface area contributed by atoms with Crippen LogP contribution in [0.15, 0.2) is 77.7 Å². The van der Waals surface area contributed by atoms with E-state index in [0.29, 0.717) is 41.5 Å². The van der Waals surface area contributed by atoms with E-state index in [1.54, 1.807) is 48.5 Å². The number of non-ortho nitro benzene ring substituents is 1. The van der Waals surface area contributed by atoms with Gasteiger partial charge in [-0.15, -0.1) is 0 Å². The Morgan fingerprint density at radius 1 is 0.617 bits per heavy atom. The molecule has 2 heterocycles. The molecule has 0 atom stereocenters. The van der Waals surface area contributed by atoms with Crippen LogP contribution in [0.5, 0.6) is 0 Å². The van der Waals surface area contributed by atoms with E-state index in [9.17, 15) is 42.9 Å². The van der Waals surface area contributed by atoms with Gasteiger partial charge in [-0.25, -0.2) is 8.42 Å². The molecular formula is C32H33N5O9S. The van der Waals surface area contributed by atoms with Crippen LogP contribution < -0.4 is 0 Å². The van der Waals surface area contributed by atoms with Crippen LogP contribution in [-0.4, -0.2) is 101 Å². The summed E-state index contributed by atoms with van der Waals surface area (Å²) in [5.74, 6) is -1.62. The zero-order chi connectivity index (χ0) is 33.7. The largest absolute Gasteiger partial charge is 0.314 e. The summed E-state index contributed by atoms with van der Waals surface area (Å²) in [5, 5.41) is 22.5. The fourth-order valence-electron chi connectivity index (χ4n) is 5.64. The van der Waals surface area contributed by atoms with Crippen molar-refractivity contribution in [2.45, 2.75) is 30.6 Å². The molecule has 0 radical (unpaired) electrons. The number of hydroxylamine groups is 2. The first-order valence-electron chi connectivity index (χ1n) is 15.1. The van der Waals surface area contributed by atoms with Gasteiger partial charge in [0.15, 0.2) is 0 Å². The maximum Gasteiger partial charge on any atom is 0.269 e. The van der Waals surface area contributed by atoms with Crippen LogP contribution in [0.3, 0.4) is 0 Å². The van der Waals surface area contributed by atoms with E-state index in [1.807, 2.05) is 0 Å². The fraction of sp³-hybridized carbons (Fsp3) is 0.312. The molecule has 0 bridgehead atoms. The van der Waals surface area contributed by atoms with Crippen molar-refractivity contribution in [3.05, 3.63) is 105 Å². The van der Waals surface area contributed by atoms with Gasteiger partial charge in [0.05, 0.1) is 32.1 Å². The zero-order valence-corrected chi connectivity index (χ0v) is 26.2. The first kappa shape index (κ1) is 33.5. The Morgan fingerprint density at radius 3 is 1.45 bits per heavy atom. The second-order valence-corrected chi connectivity index (χ2v) is 13.1. The first-order chi connectivity index (χ1) is 22.5. The number of rotatable bonds is 16. The Kier molecular flexibility index (Phi) is 10.2. The quantitative estimate of drug-likeness (QED) is 0.103. The number of unbranched alkanes of at least 4 members (excludes halogenated alkanes) is 1. The first-order valence-corrected chi connectivity index (χ1v) is 16.5. The molecule has 0 unspecified atom stereocenters. The maximum atomic E-state index is 13.6. The predicted molar refractivity (Wildman–Crippen MR) is 167 cm³/mol. The summed E-state index contributed by atoms with van der Waals surface area (Å²) >= 11 is 0. The molecule has 0 aromatic heterocycles. The van der Waals surface area contributed by atoms with Crippen molar-refractivity contribution in [1.82, 2.24) is 19.2 Å². The Bertz CT molecular complexity index is 1740. The highest BCUT2D eigenvalue weighted by Gasteiger charge is 2.36. The number of nitrogens with zero attached hydrogens (tertiary/aromatic N) is 5. The number of imide groups is 2. The molecule has 0 saturated carbocycles. The summed E-state index contributed by atoms with van der Waals surface area (Å²) in [5.41, 5.74) is 1.05.